The van der Waals surface area contributed by atoms with E-state index in [2.05, 4.69) is 5.32 Å². The number of nitrogens with one attached hydrogen (secondary N) is 1. The van der Waals surface area contributed by atoms with Gasteiger partial charge >= 0.3 is 6.03 Å². The zero-order valence-electron chi connectivity index (χ0n) is 11.1. The molecule has 100 valence electrons. The lowest BCUT2D eigenvalue weighted by molar-refractivity contribution is -0.0530. The van der Waals surface area contributed by atoms with E-state index in [0.717, 1.165) is 0 Å². The molecule has 1 aliphatic rings. The second-order valence-corrected chi connectivity index (χ2v) is 4.79. The molecular formula is C14H17N3O2. The van der Waals surface area contributed by atoms with Gasteiger partial charge in [0.25, 0.3) is 0 Å². The summed E-state index contributed by atoms with van der Waals surface area (Å²) in [6, 6.07) is 8.77. The van der Waals surface area contributed by atoms with E-state index in [9.17, 15) is 4.79 Å². The van der Waals surface area contributed by atoms with E-state index in [1.54, 1.807) is 29.2 Å². The van der Waals surface area contributed by atoms with Crippen molar-refractivity contribution in [2.75, 3.05) is 18.4 Å². The quantitative estimate of drug-likeness (QED) is 0.840. The van der Waals surface area contributed by atoms with E-state index < -0.39 is 0 Å². The molecule has 0 saturated carbocycles. The number of amides is 2. The van der Waals surface area contributed by atoms with Gasteiger partial charge in [0, 0.05) is 18.8 Å². The first-order valence-electron chi connectivity index (χ1n) is 6.30. The molecule has 1 aromatic rings. The molecule has 2 atom stereocenters. The fraction of sp³-hybridized carbons (Fsp3) is 0.429. The van der Waals surface area contributed by atoms with Gasteiger partial charge in [-0.05, 0) is 32.0 Å². The lowest BCUT2D eigenvalue weighted by Gasteiger charge is -2.35. The predicted molar refractivity (Wildman–Crippen MR) is 71.8 cm³/mol. The van der Waals surface area contributed by atoms with E-state index in [1.807, 2.05) is 19.9 Å². The minimum atomic E-state index is -0.155. The smallest absolute Gasteiger partial charge is 0.322 e. The number of rotatable bonds is 1. The third-order valence-corrected chi connectivity index (χ3v) is 2.95. The Labute approximate surface area is 112 Å². The number of nitriles is 1. The summed E-state index contributed by atoms with van der Waals surface area (Å²) < 4.78 is 5.59. The fourth-order valence-corrected chi connectivity index (χ4v) is 2.21. The molecule has 1 fully saturated rings. The Kier molecular flexibility index (Phi) is 4.03. The molecule has 5 heteroatoms. The number of hydrogen-bond acceptors (Lipinski definition) is 3. The number of urea groups is 1. The van der Waals surface area contributed by atoms with Crippen molar-refractivity contribution in [3.05, 3.63) is 29.8 Å². The summed E-state index contributed by atoms with van der Waals surface area (Å²) in [5, 5.41) is 11.6. The third kappa shape index (κ3) is 3.46. The molecule has 1 N–H and O–H groups in total. The van der Waals surface area contributed by atoms with Crippen molar-refractivity contribution >= 4 is 11.7 Å². The maximum atomic E-state index is 12.1. The Morgan fingerprint density at radius 2 is 2.11 bits per heavy atom. The van der Waals surface area contributed by atoms with Crippen molar-refractivity contribution in [1.82, 2.24) is 4.90 Å². The largest absolute Gasteiger partial charge is 0.372 e. The first-order chi connectivity index (χ1) is 9.08. The standard InChI is InChI=1S/C14H17N3O2/c1-10-8-17(9-11(2)19-10)14(18)16-13-5-3-4-12(6-13)7-15/h3-6,10-11H,8-9H2,1-2H3,(H,16,18)/t10-,11+. The van der Waals surface area contributed by atoms with Crippen LogP contribution in [0.1, 0.15) is 19.4 Å². The van der Waals surface area contributed by atoms with Crippen molar-refractivity contribution in [3.63, 3.8) is 0 Å². The fourth-order valence-electron chi connectivity index (χ4n) is 2.21. The Balaban J connectivity index is 2.02. The molecule has 5 nitrogen and oxygen atoms in total. The highest BCUT2D eigenvalue weighted by Gasteiger charge is 2.25. The highest BCUT2D eigenvalue weighted by molar-refractivity contribution is 5.89. The number of benzene rings is 1. The second kappa shape index (κ2) is 5.72. The molecule has 2 rings (SSSR count). The number of morpholine rings is 1. The van der Waals surface area contributed by atoms with Gasteiger partial charge < -0.3 is 15.0 Å². The maximum Gasteiger partial charge on any atom is 0.322 e. The van der Waals surface area contributed by atoms with Crippen LogP contribution >= 0.6 is 0 Å². The zero-order chi connectivity index (χ0) is 13.8. The maximum absolute atomic E-state index is 12.1. The van der Waals surface area contributed by atoms with E-state index in [-0.39, 0.29) is 18.2 Å². The molecule has 0 aliphatic carbocycles. The Hall–Kier alpha value is -2.06. The van der Waals surface area contributed by atoms with Crippen LogP contribution < -0.4 is 5.32 Å². The summed E-state index contributed by atoms with van der Waals surface area (Å²) in [4.78, 5) is 13.9. The highest BCUT2D eigenvalue weighted by Crippen LogP contribution is 2.14. The summed E-state index contributed by atoms with van der Waals surface area (Å²) in [6.45, 7) is 5.06. The average molecular weight is 259 g/mol. The van der Waals surface area contributed by atoms with Crippen LogP contribution in [-0.2, 0) is 4.74 Å². The lowest BCUT2D eigenvalue weighted by Crippen LogP contribution is -2.49. The molecule has 1 aromatic carbocycles. The lowest BCUT2D eigenvalue weighted by atomic mass is 10.2. The minimum Gasteiger partial charge on any atom is -0.372 e. The van der Waals surface area contributed by atoms with E-state index in [1.165, 1.54) is 0 Å². The zero-order valence-corrected chi connectivity index (χ0v) is 11.1. The van der Waals surface area contributed by atoms with Crippen LogP contribution in [0.4, 0.5) is 10.5 Å². The van der Waals surface area contributed by atoms with Gasteiger partial charge in [-0.25, -0.2) is 4.79 Å². The number of ether oxygens (including phenoxy) is 1. The predicted octanol–water partition coefficient (Wildman–Crippen LogP) is 2.20. The number of hydrogen-bond donors (Lipinski definition) is 1. The van der Waals surface area contributed by atoms with E-state index in [0.29, 0.717) is 24.3 Å². The first kappa shape index (κ1) is 13.4. The molecule has 0 bridgehead atoms. The molecule has 1 aliphatic heterocycles. The van der Waals surface area contributed by atoms with Crippen molar-refractivity contribution in [2.45, 2.75) is 26.1 Å². The molecule has 0 unspecified atom stereocenters. The van der Waals surface area contributed by atoms with Crippen LogP contribution in [0, 0.1) is 11.3 Å². The van der Waals surface area contributed by atoms with Gasteiger partial charge in [0.1, 0.15) is 0 Å². The van der Waals surface area contributed by atoms with Gasteiger partial charge in [-0.2, -0.15) is 5.26 Å². The molecule has 0 radical (unpaired) electrons. The van der Waals surface area contributed by atoms with E-state index >= 15 is 0 Å². The van der Waals surface area contributed by atoms with Crippen molar-refractivity contribution in [2.24, 2.45) is 0 Å². The van der Waals surface area contributed by atoms with Crippen LogP contribution in [0.25, 0.3) is 0 Å². The van der Waals surface area contributed by atoms with Crippen molar-refractivity contribution < 1.29 is 9.53 Å². The number of anilines is 1. The van der Waals surface area contributed by atoms with Gasteiger partial charge in [-0.1, -0.05) is 6.07 Å². The van der Waals surface area contributed by atoms with Gasteiger partial charge in [0.15, 0.2) is 0 Å². The van der Waals surface area contributed by atoms with Crippen LogP contribution in [0.15, 0.2) is 24.3 Å². The minimum absolute atomic E-state index is 0.0416. The summed E-state index contributed by atoms with van der Waals surface area (Å²) in [5.74, 6) is 0. The van der Waals surface area contributed by atoms with Crippen LogP contribution in [0.2, 0.25) is 0 Å². The Bertz CT molecular complexity index is 500. The average Bonchev–Trinajstić information content (AvgIpc) is 2.37. The van der Waals surface area contributed by atoms with Crippen LogP contribution in [0.5, 0.6) is 0 Å². The monoisotopic (exact) mass is 259 g/mol. The summed E-state index contributed by atoms with van der Waals surface area (Å²) >= 11 is 0. The molecule has 1 saturated heterocycles. The van der Waals surface area contributed by atoms with E-state index in [4.69, 9.17) is 10.00 Å². The molecule has 19 heavy (non-hydrogen) atoms. The molecule has 0 spiro atoms. The van der Waals surface area contributed by atoms with Crippen LogP contribution in [0.3, 0.4) is 0 Å². The van der Waals surface area contributed by atoms with Gasteiger partial charge in [-0.3, -0.25) is 0 Å². The topological polar surface area (TPSA) is 65.4 Å². The summed E-state index contributed by atoms with van der Waals surface area (Å²) in [6.07, 6.45) is 0.0832. The van der Waals surface area contributed by atoms with Crippen molar-refractivity contribution in [3.8, 4) is 6.07 Å². The Morgan fingerprint density at radius 3 is 2.74 bits per heavy atom. The second-order valence-electron chi connectivity index (χ2n) is 4.79. The third-order valence-electron chi connectivity index (χ3n) is 2.95. The highest BCUT2D eigenvalue weighted by atomic mass is 16.5. The normalized spacial score (nSPS) is 22.7. The number of carbonyl (C=O) groups is 1. The summed E-state index contributed by atoms with van der Waals surface area (Å²) in [7, 11) is 0. The van der Waals surface area contributed by atoms with Gasteiger partial charge in [0.2, 0.25) is 0 Å². The van der Waals surface area contributed by atoms with Gasteiger partial charge in [-0.15, -0.1) is 0 Å². The molecule has 2 amide bonds. The van der Waals surface area contributed by atoms with Gasteiger partial charge in [0.05, 0.1) is 23.8 Å². The molecule has 0 aromatic heterocycles. The Morgan fingerprint density at radius 1 is 1.42 bits per heavy atom. The number of nitrogens with zero attached hydrogens (tertiary/aromatic N) is 2. The molecule has 1 heterocycles. The SMILES string of the molecule is C[C@@H]1CN(C(=O)Nc2cccc(C#N)c2)C[C@H](C)O1. The van der Waals surface area contributed by atoms with Crippen LogP contribution in [-0.4, -0.2) is 36.2 Å². The van der Waals surface area contributed by atoms with Crippen molar-refractivity contribution in [1.29, 1.82) is 5.26 Å². The molecular weight excluding hydrogens is 242 g/mol. The summed E-state index contributed by atoms with van der Waals surface area (Å²) in [5.41, 5.74) is 1.16. The first-order valence-corrected chi connectivity index (χ1v) is 6.30. The number of carbonyl (C=O) groups excluding carboxylic acids is 1.